The minimum Gasteiger partial charge on any atom is -0.360 e. The molecule has 2 aromatic carbocycles. The molecule has 148 valence electrons. The summed E-state index contributed by atoms with van der Waals surface area (Å²) in [6.45, 7) is 9.11. The maximum Gasteiger partial charge on any atom is 0.282 e. The largest absolute Gasteiger partial charge is 0.360 e. The van der Waals surface area contributed by atoms with Crippen LogP contribution in [0.2, 0.25) is 5.02 Å². The van der Waals surface area contributed by atoms with Gasteiger partial charge in [-0.15, -0.1) is 0 Å². The summed E-state index contributed by atoms with van der Waals surface area (Å²) < 4.78 is 0. The smallest absolute Gasteiger partial charge is 0.282 e. The Kier molecular flexibility index (Phi) is 6.37. The van der Waals surface area contributed by atoms with Gasteiger partial charge in [0, 0.05) is 22.0 Å². The summed E-state index contributed by atoms with van der Waals surface area (Å²) >= 11 is 6.16. The minimum absolute atomic E-state index is 0.0118. The molecule has 1 saturated heterocycles. The van der Waals surface area contributed by atoms with Gasteiger partial charge in [-0.05, 0) is 50.6 Å². The third kappa shape index (κ3) is 4.72. The van der Waals surface area contributed by atoms with Crippen LogP contribution in [-0.2, 0) is 4.79 Å². The quantitative estimate of drug-likeness (QED) is 0.758. The SMILES string of the molecule is CC(=O)c1cccc(NC(=O)[C@H](C)[NH+]2CCN(c3cc(Cl)ccc3C)CC2)c1. The number of anilines is 2. The third-order valence-corrected chi connectivity index (χ3v) is 5.69. The van der Waals surface area contributed by atoms with E-state index in [1.165, 1.54) is 23.1 Å². The number of Topliss-reactive ketones (excluding diaryl/α,β-unsaturated/α-hetero) is 1. The van der Waals surface area contributed by atoms with Gasteiger partial charge in [0.2, 0.25) is 0 Å². The number of nitrogens with zero attached hydrogens (tertiary/aromatic N) is 1. The summed E-state index contributed by atoms with van der Waals surface area (Å²) in [7, 11) is 0. The van der Waals surface area contributed by atoms with Gasteiger partial charge in [0.1, 0.15) is 0 Å². The van der Waals surface area contributed by atoms with Gasteiger partial charge in [-0.1, -0.05) is 29.8 Å². The van der Waals surface area contributed by atoms with Crippen molar-refractivity contribution in [1.29, 1.82) is 0 Å². The van der Waals surface area contributed by atoms with Crippen molar-refractivity contribution >= 4 is 34.7 Å². The number of piperazine rings is 1. The van der Waals surface area contributed by atoms with Gasteiger partial charge in [0.05, 0.1) is 26.2 Å². The lowest BCUT2D eigenvalue weighted by molar-refractivity contribution is -0.914. The topological polar surface area (TPSA) is 53.9 Å². The monoisotopic (exact) mass is 400 g/mol. The van der Waals surface area contributed by atoms with Gasteiger partial charge >= 0.3 is 0 Å². The molecular formula is C22H27ClN3O2+. The molecule has 5 nitrogen and oxygen atoms in total. The number of amides is 1. The van der Waals surface area contributed by atoms with Crippen LogP contribution >= 0.6 is 11.6 Å². The molecule has 0 aromatic heterocycles. The Balaban J connectivity index is 1.59. The molecule has 0 radical (unpaired) electrons. The van der Waals surface area contributed by atoms with Gasteiger partial charge < -0.3 is 15.1 Å². The molecule has 6 heteroatoms. The second-order valence-electron chi connectivity index (χ2n) is 7.42. The summed E-state index contributed by atoms with van der Waals surface area (Å²) in [5.41, 5.74) is 3.65. The van der Waals surface area contributed by atoms with E-state index in [2.05, 4.69) is 17.1 Å². The Morgan fingerprint density at radius 1 is 1.14 bits per heavy atom. The maximum atomic E-state index is 12.7. The zero-order valence-electron chi connectivity index (χ0n) is 16.6. The van der Waals surface area contributed by atoms with Crippen molar-refractivity contribution in [3.05, 3.63) is 58.6 Å². The Labute approximate surface area is 171 Å². The first kappa shape index (κ1) is 20.4. The fourth-order valence-corrected chi connectivity index (χ4v) is 3.81. The zero-order valence-corrected chi connectivity index (χ0v) is 17.3. The predicted molar refractivity (Wildman–Crippen MR) is 114 cm³/mol. The first-order valence-corrected chi connectivity index (χ1v) is 10.0. The van der Waals surface area contributed by atoms with Crippen LogP contribution in [0.15, 0.2) is 42.5 Å². The fraction of sp³-hybridized carbons (Fsp3) is 0.364. The molecule has 28 heavy (non-hydrogen) atoms. The highest BCUT2D eigenvalue weighted by atomic mass is 35.5. The fourth-order valence-electron chi connectivity index (χ4n) is 3.64. The number of quaternary nitrogens is 1. The van der Waals surface area contributed by atoms with Gasteiger partial charge in [-0.3, -0.25) is 9.59 Å². The third-order valence-electron chi connectivity index (χ3n) is 5.46. The first-order valence-electron chi connectivity index (χ1n) is 9.62. The highest BCUT2D eigenvalue weighted by molar-refractivity contribution is 6.30. The lowest BCUT2D eigenvalue weighted by Gasteiger charge is -2.36. The van der Waals surface area contributed by atoms with Crippen molar-refractivity contribution in [3.8, 4) is 0 Å². The minimum atomic E-state index is -0.163. The van der Waals surface area contributed by atoms with Crippen LogP contribution in [0.5, 0.6) is 0 Å². The van der Waals surface area contributed by atoms with Crippen molar-refractivity contribution in [2.24, 2.45) is 0 Å². The Bertz CT molecular complexity index is 876. The second-order valence-corrected chi connectivity index (χ2v) is 7.86. The lowest BCUT2D eigenvalue weighted by atomic mass is 10.1. The van der Waals surface area contributed by atoms with E-state index in [4.69, 9.17) is 11.6 Å². The van der Waals surface area contributed by atoms with E-state index < -0.39 is 0 Å². The summed E-state index contributed by atoms with van der Waals surface area (Å²) in [5.74, 6) is -0.0368. The molecule has 0 unspecified atom stereocenters. The first-order chi connectivity index (χ1) is 13.3. The van der Waals surface area contributed by atoms with E-state index in [1.54, 1.807) is 18.2 Å². The second kappa shape index (κ2) is 8.76. The summed E-state index contributed by atoms with van der Waals surface area (Å²) in [4.78, 5) is 27.8. The highest BCUT2D eigenvalue weighted by Gasteiger charge is 2.29. The number of hydrogen-bond donors (Lipinski definition) is 2. The molecule has 1 heterocycles. The van der Waals surface area contributed by atoms with Gasteiger partial charge in [0.15, 0.2) is 11.8 Å². The molecule has 0 spiro atoms. The molecule has 1 amide bonds. The number of rotatable bonds is 5. The molecule has 2 N–H and O–H groups in total. The number of hydrogen-bond acceptors (Lipinski definition) is 3. The van der Waals surface area contributed by atoms with E-state index in [1.807, 2.05) is 31.2 Å². The van der Waals surface area contributed by atoms with Crippen molar-refractivity contribution < 1.29 is 14.5 Å². The average molecular weight is 401 g/mol. The predicted octanol–water partition coefficient (Wildman–Crippen LogP) is 2.58. The number of nitrogens with one attached hydrogen (secondary N) is 2. The van der Waals surface area contributed by atoms with Crippen LogP contribution in [0, 0.1) is 6.92 Å². The Morgan fingerprint density at radius 2 is 1.86 bits per heavy atom. The van der Waals surface area contributed by atoms with E-state index in [0.29, 0.717) is 11.3 Å². The van der Waals surface area contributed by atoms with Crippen LogP contribution in [0.1, 0.15) is 29.8 Å². The van der Waals surface area contributed by atoms with E-state index in [9.17, 15) is 9.59 Å². The number of ketones is 1. The summed E-state index contributed by atoms with van der Waals surface area (Å²) in [6.07, 6.45) is 0. The standard InChI is InChI=1S/C22H26ClN3O2/c1-15-7-8-19(23)14-21(15)26-11-9-25(10-12-26)16(2)22(28)24-20-6-4-5-18(13-20)17(3)27/h4-8,13-14,16H,9-12H2,1-3H3,(H,24,28)/p+1/t16-/m0/s1. The lowest BCUT2D eigenvalue weighted by Crippen LogP contribution is -3.19. The molecule has 1 aliphatic heterocycles. The number of halogens is 1. The van der Waals surface area contributed by atoms with Crippen molar-refractivity contribution in [2.75, 3.05) is 36.4 Å². The highest BCUT2D eigenvalue weighted by Crippen LogP contribution is 2.24. The normalized spacial score (nSPS) is 15.9. The molecule has 0 bridgehead atoms. The maximum absolute atomic E-state index is 12.7. The molecule has 1 atom stereocenters. The summed E-state index contributed by atoms with van der Waals surface area (Å²) in [6, 6.07) is 12.9. The molecule has 3 rings (SSSR count). The summed E-state index contributed by atoms with van der Waals surface area (Å²) in [5, 5.41) is 3.70. The number of benzene rings is 2. The molecule has 1 aliphatic rings. The van der Waals surface area contributed by atoms with Crippen LogP contribution in [0.25, 0.3) is 0 Å². The molecule has 1 fully saturated rings. The number of aryl methyl sites for hydroxylation is 1. The van der Waals surface area contributed by atoms with E-state index in [0.717, 1.165) is 31.2 Å². The van der Waals surface area contributed by atoms with Gasteiger partial charge in [-0.2, -0.15) is 0 Å². The molecule has 0 saturated carbocycles. The van der Waals surface area contributed by atoms with Gasteiger partial charge in [0.25, 0.3) is 5.91 Å². The van der Waals surface area contributed by atoms with E-state index >= 15 is 0 Å². The van der Waals surface area contributed by atoms with Crippen molar-refractivity contribution in [1.82, 2.24) is 0 Å². The van der Waals surface area contributed by atoms with E-state index in [-0.39, 0.29) is 17.7 Å². The Hall–Kier alpha value is -2.37. The van der Waals surface area contributed by atoms with Gasteiger partial charge in [-0.25, -0.2) is 0 Å². The molecule has 2 aromatic rings. The van der Waals surface area contributed by atoms with Crippen LogP contribution in [0.4, 0.5) is 11.4 Å². The van der Waals surface area contributed by atoms with Crippen molar-refractivity contribution in [3.63, 3.8) is 0 Å². The number of carbonyl (C=O) groups is 2. The molecule has 0 aliphatic carbocycles. The van der Waals surface area contributed by atoms with Crippen LogP contribution in [-0.4, -0.2) is 43.9 Å². The van der Waals surface area contributed by atoms with Crippen LogP contribution < -0.4 is 15.1 Å². The number of carbonyl (C=O) groups excluding carboxylic acids is 2. The molecular weight excluding hydrogens is 374 g/mol. The average Bonchev–Trinajstić information content (AvgIpc) is 2.69. The van der Waals surface area contributed by atoms with Crippen LogP contribution in [0.3, 0.4) is 0 Å². The Morgan fingerprint density at radius 3 is 2.54 bits per heavy atom. The zero-order chi connectivity index (χ0) is 20.3. The van der Waals surface area contributed by atoms with Crippen molar-refractivity contribution in [2.45, 2.75) is 26.8 Å².